The first-order valence-electron chi connectivity index (χ1n) is 4.46. The van der Waals surface area contributed by atoms with Gasteiger partial charge in [-0.2, -0.15) is 0 Å². The molecule has 2 nitrogen and oxygen atoms in total. The van der Waals surface area contributed by atoms with Crippen LogP contribution in [0.5, 0.6) is 0 Å². The van der Waals surface area contributed by atoms with Crippen molar-refractivity contribution < 1.29 is 5.11 Å². The van der Waals surface area contributed by atoms with E-state index >= 15 is 0 Å². The molecule has 1 aromatic rings. The maximum absolute atomic E-state index is 9.17. The zero-order valence-electron chi connectivity index (χ0n) is 7.90. The molecule has 0 fully saturated rings. The van der Waals surface area contributed by atoms with E-state index in [1.807, 2.05) is 24.3 Å². The van der Waals surface area contributed by atoms with Crippen LogP contribution >= 0.6 is 0 Å². The fourth-order valence-electron chi connectivity index (χ4n) is 1.21. The number of pyridine rings is 1. The Hall–Kier alpha value is -1.15. The van der Waals surface area contributed by atoms with E-state index in [4.69, 9.17) is 5.11 Å². The summed E-state index contributed by atoms with van der Waals surface area (Å²) in [6.45, 7) is 5.42. The van der Waals surface area contributed by atoms with Crippen molar-refractivity contribution in [3.05, 3.63) is 42.2 Å². The molecule has 0 spiro atoms. The Morgan fingerprint density at radius 3 is 2.85 bits per heavy atom. The Bertz CT molecular complexity index is 281. The van der Waals surface area contributed by atoms with Crippen molar-refractivity contribution >= 4 is 0 Å². The predicted octanol–water partition coefficient (Wildman–Crippen LogP) is 1.73. The highest BCUT2D eigenvalue weighted by Gasteiger charge is 2.00. The van der Waals surface area contributed by atoms with Crippen molar-refractivity contribution in [1.82, 2.24) is 4.98 Å². The van der Waals surface area contributed by atoms with Crippen LogP contribution in [-0.2, 0) is 12.8 Å². The molecule has 0 saturated heterocycles. The lowest BCUT2D eigenvalue weighted by atomic mass is 10.2. The zero-order valence-corrected chi connectivity index (χ0v) is 7.90. The topological polar surface area (TPSA) is 33.1 Å². The Labute approximate surface area is 78.9 Å². The van der Waals surface area contributed by atoms with Gasteiger partial charge in [-0.25, -0.2) is 0 Å². The largest absolute Gasteiger partial charge is 0.393 e. The van der Waals surface area contributed by atoms with Gasteiger partial charge in [-0.1, -0.05) is 12.1 Å². The van der Waals surface area contributed by atoms with Gasteiger partial charge in [-0.3, -0.25) is 4.98 Å². The van der Waals surface area contributed by atoms with E-state index in [0.717, 1.165) is 17.8 Å². The van der Waals surface area contributed by atoms with Gasteiger partial charge in [0.05, 0.1) is 6.10 Å². The molecule has 0 aromatic carbocycles. The molecule has 0 radical (unpaired) electrons. The van der Waals surface area contributed by atoms with Gasteiger partial charge in [0.15, 0.2) is 0 Å². The molecule has 0 amide bonds. The molecule has 1 aromatic heterocycles. The molecule has 1 N–H and O–H groups in total. The minimum atomic E-state index is -0.327. The summed E-state index contributed by atoms with van der Waals surface area (Å²) >= 11 is 0. The van der Waals surface area contributed by atoms with Gasteiger partial charge in [0.2, 0.25) is 0 Å². The van der Waals surface area contributed by atoms with Crippen molar-refractivity contribution in [1.29, 1.82) is 0 Å². The number of allylic oxidation sites excluding steroid dienone is 1. The maximum atomic E-state index is 9.17. The first-order chi connectivity index (χ1) is 6.22. The Morgan fingerprint density at radius 2 is 2.23 bits per heavy atom. The second kappa shape index (κ2) is 4.77. The summed E-state index contributed by atoms with van der Waals surface area (Å²) in [6, 6.07) is 5.86. The van der Waals surface area contributed by atoms with Crippen LogP contribution in [0.15, 0.2) is 30.9 Å². The lowest BCUT2D eigenvalue weighted by Gasteiger charge is -2.04. The lowest BCUT2D eigenvalue weighted by Crippen LogP contribution is -2.06. The van der Waals surface area contributed by atoms with Crippen LogP contribution in [0.3, 0.4) is 0 Å². The number of hydrogen-bond donors (Lipinski definition) is 1. The van der Waals surface area contributed by atoms with Crippen molar-refractivity contribution in [2.75, 3.05) is 0 Å². The van der Waals surface area contributed by atoms with Crippen molar-refractivity contribution in [3.8, 4) is 0 Å². The fourth-order valence-corrected chi connectivity index (χ4v) is 1.21. The molecule has 13 heavy (non-hydrogen) atoms. The third-order valence-electron chi connectivity index (χ3n) is 1.72. The van der Waals surface area contributed by atoms with Gasteiger partial charge < -0.3 is 5.11 Å². The minimum Gasteiger partial charge on any atom is -0.393 e. The SMILES string of the molecule is C=CCc1cccc(CC(C)O)n1. The first-order valence-corrected chi connectivity index (χ1v) is 4.46. The van der Waals surface area contributed by atoms with Crippen LogP contribution in [0.4, 0.5) is 0 Å². The van der Waals surface area contributed by atoms with Crippen LogP contribution in [0.2, 0.25) is 0 Å². The molecule has 0 aliphatic heterocycles. The van der Waals surface area contributed by atoms with Crippen LogP contribution in [-0.4, -0.2) is 16.2 Å². The summed E-state index contributed by atoms with van der Waals surface area (Å²) in [5.41, 5.74) is 1.95. The van der Waals surface area contributed by atoms with E-state index in [2.05, 4.69) is 11.6 Å². The second-order valence-electron chi connectivity index (χ2n) is 3.17. The Morgan fingerprint density at radius 1 is 1.54 bits per heavy atom. The molecule has 0 saturated carbocycles. The van der Waals surface area contributed by atoms with E-state index < -0.39 is 0 Å². The van der Waals surface area contributed by atoms with Crippen molar-refractivity contribution in [2.24, 2.45) is 0 Å². The average Bonchev–Trinajstić information content (AvgIpc) is 2.04. The molecule has 70 valence electrons. The third-order valence-corrected chi connectivity index (χ3v) is 1.72. The first kappa shape index (κ1) is 9.93. The highest BCUT2D eigenvalue weighted by Crippen LogP contribution is 2.03. The van der Waals surface area contributed by atoms with Gasteiger partial charge in [-0.05, 0) is 19.1 Å². The molecule has 1 unspecified atom stereocenters. The van der Waals surface area contributed by atoms with E-state index in [0.29, 0.717) is 6.42 Å². The van der Waals surface area contributed by atoms with Gasteiger partial charge in [0.1, 0.15) is 0 Å². The monoisotopic (exact) mass is 177 g/mol. The summed E-state index contributed by atoms with van der Waals surface area (Å²) in [4.78, 5) is 4.37. The van der Waals surface area contributed by atoms with Crippen LogP contribution < -0.4 is 0 Å². The number of aliphatic hydroxyl groups excluding tert-OH is 1. The Balaban J connectivity index is 2.72. The maximum Gasteiger partial charge on any atom is 0.0567 e. The molecular formula is C11H15NO. The number of aromatic nitrogens is 1. The molecule has 1 rings (SSSR count). The van der Waals surface area contributed by atoms with Crippen LogP contribution in [0.25, 0.3) is 0 Å². The van der Waals surface area contributed by atoms with Crippen molar-refractivity contribution in [3.63, 3.8) is 0 Å². The normalized spacial score (nSPS) is 12.5. The van der Waals surface area contributed by atoms with E-state index in [1.165, 1.54) is 0 Å². The molecular weight excluding hydrogens is 162 g/mol. The van der Waals surface area contributed by atoms with E-state index in [9.17, 15) is 0 Å². The number of rotatable bonds is 4. The average molecular weight is 177 g/mol. The minimum absolute atomic E-state index is 0.327. The molecule has 0 bridgehead atoms. The standard InChI is InChI=1S/C11H15NO/c1-3-5-10-6-4-7-11(12-10)8-9(2)13/h3-4,6-7,9,13H,1,5,8H2,2H3. The lowest BCUT2D eigenvalue weighted by molar-refractivity contribution is 0.194. The second-order valence-corrected chi connectivity index (χ2v) is 3.17. The third kappa shape index (κ3) is 3.38. The highest BCUT2D eigenvalue weighted by atomic mass is 16.3. The van der Waals surface area contributed by atoms with Gasteiger partial charge >= 0.3 is 0 Å². The number of nitrogens with zero attached hydrogens (tertiary/aromatic N) is 1. The molecule has 0 aliphatic carbocycles. The molecule has 0 aliphatic rings. The van der Waals surface area contributed by atoms with Gasteiger partial charge in [0, 0.05) is 24.2 Å². The number of hydrogen-bond acceptors (Lipinski definition) is 2. The molecule has 2 heteroatoms. The highest BCUT2D eigenvalue weighted by molar-refractivity contribution is 5.13. The summed E-state index contributed by atoms with van der Waals surface area (Å²) in [7, 11) is 0. The summed E-state index contributed by atoms with van der Waals surface area (Å²) in [5, 5.41) is 9.17. The predicted molar refractivity (Wildman–Crippen MR) is 53.5 cm³/mol. The zero-order chi connectivity index (χ0) is 9.68. The van der Waals surface area contributed by atoms with Crippen LogP contribution in [0, 0.1) is 0 Å². The summed E-state index contributed by atoms with van der Waals surface area (Å²) in [6.07, 6.45) is 2.90. The molecule has 1 heterocycles. The summed E-state index contributed by atoms with van der Waals surface area (Å²) in [5.74, 6) is 0. The number of aliphatic hydroxyl groups is 1. The smallest absolute Gasteiger partial charge is 0.0567 e. The quantitative estimate of drug-likeness (QED) is 0.710. The summed E-state index contributed by atoms with van der Waals surface area (Å²) < 4.78 is 0. The van der Waals surface area contributed by atoms with Gasteiger partial charge in [0.25, 0.3) is 0 Å². The fraction of sp³-hybridized carbons (Fsp3) is 0.364. The van der Waals surface area contributed by atoms with E-state index in [-0.39, 0.29) is 6.10 Å². The van der Waals surface area contributed by atoms with E-state index in [1.54, 1.807) is 6.92 Å². The van der Waals surface area contributed by atoms with Crippen molar-refractivity contribution in [2.45, 2.75) is 25.9 Å². The Kier molecular flexibility index (Phi) is 3.65. The van der Waals surface area contributed by atoms with Crippen LogP contribution in [0.1, 0.15) is 18.3 Å². The molecule has 1 atom stereocenters. The van der Waals surface area contributed by atoms with Gasteiger partial charge in [-0.15, -0.1) is 6.58 Å².